The maximum absolute atomic E-state index is 14.0. The van der Waals surface area contributed by atoms with Crippen molar-refractivity contribution in [1.82, 2.24) is 9.78 Å². The molecule has 12 heteroatoms. The largest absolute Gasteiger partial charge is 0.423 e. The van der Waals surface area contributed by atoms with Crippen molar-refractivity contribution < 1.29 is 35.8 Å². The highest BCUT2D eigenvalue weighted by Crippen LogP contribution is 2.41. The van der Waals surface area contributed by atoms with Gasteiger partial charge in [0.2, 0.25) is 5.60 Å². The molecule has 4 nitrogen and oxygen atoms in total. The van der Waals surface area contributed by atoms with Crippen LogP contribution in [0.1, 0.15) is 11.1 Å². The van der Waals surface area contributed by atoms with Gasteiger partial charge in [0.05, 0.1) is 40.2 Å². The van der Waals surface area contributed by atoms with E-state index in [1.54, 1.807) is 0 Å². The second kappa shape index (κ2) is 8.72. The van der Waals surface area contributed by atoms with E-state index < -0.39 is 47.1 Å². The van der Waals surface area contributed by atoms with Crippen LogP contribution < -0.4 is 5.32 Å². The van der Waals surface area contributed by atoms with E-state index in [9.17, 15) is 35.8 Å². The number of aromatic nitrogens is 2. The quantitative estimate of drug-likeness (QED) is 0.290. The molecule has 0 amide bonds. The number of hydrogen-bond acceptors (Lipinski definition) is 3. The summed E-state index contributed by atoms with van der Waals surface area (Å²) in [5, 5.41) is 17.0. The number of nitrogens with one attached hydrogen (secondary N) is 1. The molecule has 1 aromatic heterocycles. The van der Waals surface area contributed by atoms with Crippen molar-refractivity contribution in [3.8, 4) is 5.69 Å². The Morgan fingerprint density at radius 2 is 1.54 bits per heavy atom. The molecule has 0 fully saturated rings. The normalized spacial score (nSPS) is 14.2. The Balaban J connectivity index is 1.69. The number of rotatable bonds is 5. The van der Waals surface area contributed by atoms with Gasteiger partial charge in [-0.05, 0) is 60.2 Å². The first-order valence-corrected chi connectivity index (χ1v) is 10.3. The van der Waals surface area contributed by atoms with E-state index in [1.807, 2.05) is 0 Å². The summed E-state index contributed by atoms with van der Waals surface area (Å²) in [7, 11) is 0. The highest BCUT2D eigenvalue weighted by Gasteiger charge is 2.55. The zero-order valence-corrected chi connectivity index (χ0v) is 18.2. The lowest BCUT2D eigenvalue weighted by Crippen LogP contribution is -2.47. The van der Waals surface area contributed by atoms with Gasteiger partial charge in [-0.25, -0.2) is 9.07 Å². The van der Waals surface area contributed by atoms with E-state index in [2.05, 4.69) is 10.4 Å². The smallest absolute Gasteiger partial charge is 0.380 e. The second-order valence-electron chi connectivity index (χ2n) is 7.71. The highest BCUT2D eigenvalue weighted by atomic mass is 35.5. The molecular weight excluding hydrogens is 503 g/mol. The SMILES string of the molecule is OC(CNc1cc(C(F)(F)F)ccc1Cl)(c1ccc2c(cnn2-c2ccc(F)cc2)c1)C(F)(F)F. The first-order valence-electron chi connectivity index (χ1n) is 9.93. The summed E-state index contributed by atoms with van der Waals surface area (Å²) < 4.78 is 95.6. The van der Waals surface area contributed by atoms with E-state index in [0.29, 0.717) is 23.3 Å². The summed E-state index contributed by atoms with van der Waals surface area (Å²) >= 11 is 5.86. The molecule has 4 aromatic rings. The van der Waals surface area contributed by atoms with Crippen molar-refractivity contribution in [2.24, 2.45) is 0 Å². The average Bonchev–Trinajstić information content (AvgIpc) is 3.20. The molecule has 35 heavy (non-hydrogen) atoms. The third kappa shape index (κ3) is 4.78. The number of aliphatic hydroxyl groups is 1. The Morgan fingerprint density at radius 3 is 2.17 bits per heavy atom. The minimum atomic E-state index is -5.20. The second-order valence-corrected chi connectivity index (χ2v) is 8.12. The minimum Gasteiger partial charge on any atom is -0.380 e. The first-order chi connectivity index (χ1) is 16.3. The lowest BCUT2D eigenvalue weighted by Gasteiger charge is -2.32. The molecule has 0 bridgehead atoms. The van der Waals surface area contributed by atoms with E-state index in [-0.39, 0.29) is 10.4 Å². The van der Waals surface area contributed by atoms with Crippen LogP contribution in [0.5, 0.6) is 0 Å². The number of nitrogens with zero attached hydrogens (tertiary/aromatic N) is 2. The summed E-state index contributed by atoms with van der Waals surface area (Å²) in [5.74, 6) is -0.476. The summed E-state index contributed by atoms with van der Waals surface area (Å²) in [6.45, 7) is -1.21. The van der Waals surface area contributed by atoms with Crippen LogP contribution in [0, 0.1) is 5.82 Å². The van der Waals surface area contributed by atoms with Crippen molar-refractivity contribution in [3.63, 3.8) is 0 Å². The average molecular weight is 518 g/mol. The van der Waals surface area contributed by atoms with Crippen LogP contribution >= 0.6 is 11.6 Å². The van der Waals surface area contributed by atoms with Gasteiger partial charge in [0.25, 0.3) is 0 Å². The minimum absolute atomic E-state index is 0.242. The van der Waals surface area contributed by atoms with E-state index in [4.69, 9.17) is 11.6 Å². The fourth-order valence-corrected chi connectivity index (χ4v) is 3.69. The number of hydrogen-bond donors (Lipinski definition) is 2. The Bertz CT molecular complexity index is 1370. The lowest BCUT2D eigenvalue weighted by molar-refractivity contribution is -0.260. The predicted molar refractivity (Wildman–Crippen MR) is 116 cm³/mol. The number of alkyl halides is 6. The summed E-state index contributed by atoms with van der Waals surface area (Å²) in [6, 6.07) is 10.8. The van der Waals surface area contributed by atoms with Gasteiger partial charge in [-0.3, -0.25) is 0 Å². The van der Waals surface area contributed by atoms with E-state index in [1.165, 1.54) is 41.2 Å². The fourth-order valence-electron chi connectivity index (χ4n) is 3.50. The molecule has 184 valence electrons. The number of benzene rings is 3. The molecule has 2 N–H and O–H groups in total. The van der Waals surface area contributed by atoms with Crippen molar-refractivity contribution in [2.75, 3.05) is 11.9 Å². The third-order valence-electron chi connectivity index (χ3n) is 5.41. The van der Waals surface area contributed by atoms with E-state index >= 15 is 0 Å². The molecule has 0 saturated carbocycles. The molecule has 0 aliphatic carbocycles. The lowest BCUT2D eigenvalue weighted by atomic mass is 9.91. The maximum Gasteiger partial charge on any atom is 0.423 e. The van der Waals surface area contributed by atoms with Crippen LogP contribution in [0.2, 0.25) is 5.02 Å². The zero-order valence-electron chi connectivity index (χ0n) is 17.4. The van der Waals surface area contributed by atoms with Gasteiger partial charge in [-0.15, -0.1) is 0 Å². The summed E-state index contributed by atoms with van der Waals surface area (Å²) in [6.07, 6.45) is -8.66. The van der Waals surface area contributed by atoms with Gasteiger partial charge < -0.3 is 10.4 Å². The molecule has 0 aliphatic rings. The van der Waals surface area contributed by atoms with Gasteiger partial charge in [0.15, 0.2) is 0 Å². The van der Waals surface area contributed by atoms with Gasteiger partial charge in [-0.1, -0.05) is 17.7 Å². The molecule has 3 aromatic carbocycles. The molecule has 0 aliphatic heterocycles. The zero-order chi connectivity index (χ0) is 25.6. The standard InChI is InChI=1S/C23H15ClF7N3O/c24-18-7-1-15(22(26,27)28)10-19(18)32-12-21(35,23(29,30)31)14-2-8-20-13(9-14)11-33-34(20)17-5-3-16(25)4-6-17/h1-11,32,35H,12H2. The van der Waals surface area contributed by atoms with Crippen LogP contribution in [0.3, 0.4) is 0 Å². The monoisotopic (exact) mass is 517 g/mol. The van der Waals surface area contributed by atoms with Crippen LogP contribution in [-0.2, 0) is 11.8 Å². The third-order valence-corrected chi connectivity index (χ3v) is 5.74. The van der Waals surface area contributed by atoms with E-state index in [0.717, 1.165) is 18.2 Å². The first kappa shape index (κ1) is 24.8. The molecule has 0 spiro atoms. The Kier molecular flexibility index (Phi) is 6.18. The topological polar surface area (TPSA) is 50.1 Å². The van der Waals surface area contributed by atoms with Crippen molar-refractivity contribution in [1.29, 1.82) is 0 Å². The number of halogens is 8. The number of fused-ring (bicyclic) bond motifs is 1. The molecule has 1 unspecified atom stereocenters. The van der Waals surface area contributed by atoms with Gasteiger partial charge >= 0.3 is 12.4 Å². The van der Waals surface area contributed by atoms with Crippen LogP contribution in [0.15, 0.2) is 66.9 Å². The van der Waals surface area contributed by atoms with Crippen molar-refractivity contribution in [2.45, 2.75) is 18.0 Å². The summed E-state index contributed by atoms with van der Waals surface area (Å²) in [4.78, 5) is 0. The van der Waals surface area contributed by atoms with Crippen molar-refractivity contribution in [3.05, 3.63) is 88.8 Å². The van der Waals surface area contributed by atoms with Gasteiger partial charge in [-0.2, -0.15) is 31.4 Å². The van der Waals surface area contributed by atoms with Gasteiger partial charge in [0, 0.05) is 5.39 Å². The fraction of sp³-hybridized carbons (Fsp3) is 0.174. The Labute approximate surface area is 198 Å². The Hall–Kier alpha value is -3.31. The molecule has 4 rings (SSSR count). The van der Waals surface area contributed by atoms with Crippen LogP contribution in [-0.4, -0.2) is 27.6 Å². The maximum atomic E-state index is 14.0. The van der Waals surface area contributed by atoms with Crippen LogP contribution in [0.4, 0.5) is 36.4 Å². The van der Waals surface area contributed by atoms with Crippen molar-refractivity contribution >= 4 is 28.2 Å². The molecule has 0 radical (unpaired) electrons. The highest BCUT2D eigenvalue weighted by molar-refractivity contribution is 6.33. The number of anilines is 1. The predicted octanol–water partition coefficient (Wildman–Crippen LogP) is 6.70. The summed E-state index contributed by atoms with van der Waals surface area (Å²) in [5.41, 5.74) is -4.73. The van der Waals surface area contributed by atoms with Gasteiger partial charge in [0.1, 0.15) is 5.82 Å². The molecular formula is C23H15ClF7N3O. The molecule has 1 atom stereocenters. The molecule has 1 heterocycles. The van der Waals surface area contributed by atoms with Crippen LogP contribution in [0.25, 0.3) is 16.6 Å². The Morgan fingerprint density at radius 1 is 0.886 bits per heavy atom. The molecule has 0 saturated heterocycles.